The molecule has 70 heavy (non-hydrogen) atoms. The highest BCUT2D eigenvalue weighted by atomic mass is 31.2. The van der Waals surface area contributed by atoms with Gasteiger partial charge in [0.05, 0.1) is 39.9 Å². The largest absolute Gasteiger partial charge is 0.472 e. The number of phosphoric acid groups is 1. The van der Waals surface area contributed by atoms with Gasteiger partial charge >= 0.3 is 7.82 Å². The quantitative estimate of drug-likeness (QED) is 0.0243. The van der Waals surface area contributed by atoms with Crippen molar-refractivity contribution in [2.45, 2.75) is 296 Å². The average molecular weight is 1010 g/mol. The fourth-order valence-corrected chi connectivity index (χ4v) is 9.51. The number of nitrogens with one attached hydrogen (secondary N) is 1. The van der Waals surface area contributed by atoms with E-state index in [4.69, 9.17) is 9.05 Å². The van der Waals surface area contributed by atoms with Crippen molar-refractivity contribution in [3.8, 4) is 0 Å². The van der Waals surface area contributed by atoms with Gasteiger partial charge in [0.25, 0.3) is 0 Å². The van der Waals surface area contributed by atoms with Crippen molar-refractivity contribution < 1.29 is 32.9 Å². The zero-order chi connectivity index (χ0) is 51.3. The average Bonchev–Trinajstić information content (AvgIpc) is 3.32. The molecule has 0 saturated heterocycles. The summed E-state index contributed by atoms with van der Waals surface area (Å²) in [7, 11) is 1.55. The molecule has 9 heteroatoms. The third kappa shape index (κ3) is 54.2. The van der Waals surface area contributed by atoms with E-state index in [1.807, 2.05) is 27.2 Å². The van der Waals surface area contributed by atoms with E-state index in [9.17, 15) is 19.4 Å². The highest BCUT2D eigenvalue weighted by Crippen LogP contribution is 2.43. The van der Waals surface area contributed by atoms with Gasteiger partial charge < -0.3 is 19.8 Å². The molecule has 3 atom stereocenters. The van der Waals surface area contributed by atoms with Crippen LogP contribution in [0.3, 0.4) is 0 Å². The van der Waals surface area contributed by atoms with Gasteiger partial charge in [-0.15, -0.1) is 0 Å². The third-order valence-corrected chi connectivity index (χ3v) is 14.5. The van der Waals surface area contributed by atoms with Gasteiger partial charge in [-0.1, -0.05) is 255 Å². The van der Waals surface area contributed by atoms with Crippen LogP contribution in [0.25, 0.3) is 0 Å². The molecule has 412 valence electrons. The van der Waals surface area contributed by atoms with Crippen LogP contribution in [-0.4, -0.2) is 73.4 Å². The number of phosphoric ester groups is 1. The Labute approximate surface area is 435 Å². The Kier molecular flexibility index (Phi) is 51.2. The van der Waals surface area contributed by atoms with Crippen molar-refractivity contribution in [3.63, 3.8) is 0 Å². The first-order chi connectivity index (χ1) is 34.0. The first kappa shape index (κ1) is 68.5. The van der Waals surface area contributed by atoms with Gasteiger partial charge in [-0.25, -0.2) is 4.57 Å². The minimum Gasteiger partial charge on any atom is -0.387 e. The summed E-state index contributed by atoms with van der Waals surface area (Å²) in [5.74, 6) is -0.188. The Morgan fingerprint density at radius 2 is 0.786 bits per heavy atom. The summed E-state index contributed by atoms with van der Waals surface area (Å²) in [6.07, 6.45) is 69.4. The fraction of sp³-hybridized carbons (Fsp3) is 0.852. The lowest BCUT2D eigenvalue weighted by Gasteiger charge is -2.25. The van der Waals surface area contributed by atoms with E-state index in [1.54, 1.807) is 6.08 Å². The van der Waals surface area contributed by atoms with E-state index < -0.39 is 20.0 Å². The third-order valence-electron chi connectivity index (χ3n) is 13.5. The summed E-state index contributed by atoms with van der Waals surface area (Å²) < 4.78 is 23.7. The number of nitrogens with zero attached hydrogens (tertiary/aromatic N) is 1. The SMILES string of the molecule is CCCCCCCCCC/C=C\CCCCCCCCCCCCCCCC(=O)NC(COP(=O)(O)OCC[N+](C)(C)C)C(O)/C=C/CC/C=C/CC/C=C/CCCCCCCCCCCCCCC. The molecule has 3 unspecified atom stereocenters. The number of aliphatic hydroxyl groups is 1. The Morgan fingerprint density at radius 1 is 0.471 bits per heavy atom. The van der Waals surface area contributed by atoms with Crippen LogP contribution >= 0.6 is 7.82 Å². The predicted molar refractivity (Wildman–Crippen MR) is 304 cm³/mol. The molecule has 0 heterocycles. The van der Waals surface area contributed by atoms with Gasteiger partial charge in [0.15, 0.2) is 0 Å². The Morgan fingerprint density at radius 3 is 1.14 bits per heavy atom. The van der Waals surface area contributed by atoms with Gasteiger partial charge in [-0.2, -0.15) is 0 Å². The van der Waals surface area contributed by atoms with Gasteiger partial charge in [-0.3, -0.25) is 13.8 Å². The minimum absolute atomic E-state index is 0.0536. The molecule has 0 fully saturated rings. The van der Waals surface area contributed by atoms with Crippen LogP contribution in [-0.2, 0) is 18.4 Å². The number of unbranched alkanes of at least 4 members (excludes halogenated alkanes) is 36. The van der Waals surface area contributed by atoms with Gasteiger partial charge in [0.1, 0.15) is 13.2 Å². The number of quaternary nitrogens is 1. The molecular weight excluding hydrogens is 888 g/mol. The van der Waals surface area contributed by atoms with Crippen LogP contribution in [0.2, 0.25) is 0 Å². The molecule has 0 bridgehead atoms. The number of carbonyl (C=O) groups excluding carboxylic acids is 1. The second-order valence-corrected chi connectivity index (χ2v) is 23.2. The molecule has 8 nitrogen and oxygen atoms in total. The van der Waals surface area contributed by atoms with Crippen molar-refractivity contribution in [2.24, 2.45) is 0 Å². The molecular formula is C61H118N2O6P+. The lowest BCUT2D eigenvalue weighted by Crippen LogP contribution is -2.45. The second-order valence-electron chi connectivity index (χ2n) is 21.7. The van der Waals surface area contributed by atoms with Gasteiger partial charge in [0.2, 0.25) is 5.91 Å². The van der Waals surface area contributed by atoms with Crippen molar-refractivity contribution in [1.29, 1.82) is 0 Å². The number of allylic oxidation sites excluding steroid dienone is 7. The predicted octanol–water partition coefficient (Wildman–Crippen LogP) is 18.3. The first-order valence-corrected chi connectivity index (χ1v) is 31.5. The normalized spacial score (nSPS) is 14.2. The molecule has 0 aromatic rings. The maximum Gasteiger partial charge on any atom is 0.472 e. The Bertz CT molecular complexity index is 1280. The number of hydrogen-bond acceptors (Lipinski definition) is 5. The molecule has 0 aliphatic carbocycles. The Balaban J connectivity index is 4.24. The molecule has 0 aromatic carbocycles. The second kappa shape index (κ2) is 52.3. The summed E-state index contributed by atoms with van der Waals surface area (Å²) >= 11 is 0. The van der Waals surface area contributed by atoms with Crippen LogP contribution < -0.4 is 5.32 Å². The highest BCUT2D eigenvalue weighted by Gasteiger charge is 2.27. The summed E-state index contributed by atoms with van der Waals surface area (Å²) in [4.78, 5) is 23.3. The van der Waals surface area contributed by atoms with Gasteiger partial charge in [0, 0.05) is 6.42 Å². The van der Waals surface area contributed by atoms with Crippen LogP contribution in [0.5, 0.6) is 0 Å². The number of rotatable bonds is 55. The fourth-order valence-electron chi connectivity index (χ4n) is 8.78. The number of likely N-dealkylation sites (N-methyl/N-ethyl adjacent to an activating group) is 1. The van der Waals surface area contributed by atoms with Crippen molar-refractivity contribution in [2.75, 3.05) is 40.9 Å². The molecule has 0 aliphatic heterocycles. The molecule has 1 amide bonds. The summed E-state index contributed by atoms with van der Waals surface area (Å²) in [6.45, 7) is 4.82. The smallest absolute Gasteiger partial charge is 0.387 e. The number of hydrogen-bond donors (Lipinski definition) is 3. The van der Waals surface area contributed by atoms with Crippen molar-refractivity contribution in [1.82, 2.24) is 5.32 Å². The molecule has 0 radical (unpaired) electrons. The van der Waals surface area contributed by atoms with Crippen molar-refractivity contribution in [3.05, 3.63) is 48.6 Å². The highest BCUT2D eigenvalue weighted by molar-refractivity contribution is 7.47. The van der Waals surface area contributed by atoms with Crippen LogP contribution in [0, 0.1) is 0 Å². The maximum atomic E-state index is 13.0. The summed E-state index contributed by atoms with van der Waals surface area (Å²) in [5, 5.41) is 13.9. The van der Waals surface area contributed by atoms with Gasteiger partial charge in [-0.05, 0) is 70.6 Å². The molecule has 0 aromatic heterocycles. The number of carbonyl (C=O) groups is 1. The Hall–Kier alpha value is -1.54. The van der Waals surface area contributed by atoms with E-state index in [1.165, 1.54) is 218 Å². The van der Waals surface area contributed by atoms with E-state index in [-0.39, 0.29) is 19.1 Å². The van der Waals surface area contributed by atoms with Crippen molar-refractivity contribution >= 4 is 13.7 Å². The summed E-state index contributed by atoms with van der Waals surface area (Å²) in [6, 6.07) is -0.871. The zero-order valence-corrected chi connectivity index (χ0v) is 47.9. The topological polar surface area (TPSA) is 105 Å². The summed E-state index contributed by atoms with van der Waals surface area (Å²) in [5.41, 5.74) is 0. The minimum atomic E-state index is -4.36. The molecule has 0 aliphatic rings. The van der Waals surface area contributed by atoms with Crippen LogP contribution in [0.4, 0.5) is 0 Å². The lowest BCUT2D eigenvalue weighted by molar-refractivity contribution is -0.870. The van der Waals surface area contributed by atoms with E-state index in [2.05, 4.69) is 55.6 Å². The van der Waals surface area contributed by atoms with E-state index in [0.29, 0.717) is 17.4 Å². The molecule has 3 N–H and O–H groups in total. The first-order valence-electron chi connectivity index (χ1n) is 30.0. The molecule has 0 spiro atoms. The van der Waals surface area contributed by atoms with Crippen LogP contribution in [0.1, 0.15) is 284 Å². The lowest BCUT2D eigenvalue weighted by atomic mass is 10.0. The van der Waals surface area contributed by atoms with E-state index in [0.717, 1.165) is 44.9 Å². The molecule has 0 rings (SSSR count). The van der Waals surface area contributed by atoms with E-state index >= 15 is 0 Å². The number of amides is 1. The molecule has 0 saturated carbocycles. The van der Waals surface area contributed by atoms with Crippen LogP contribution in [0.15, 0.2) is 48.6 Å². The maximum absolute atomic E-state index is 13.0. The standard InChI is InChI=1S/C61H117N2O6P/c1-6-8-10-12-14-16-18-20-22-24-26-28-30-31-33-35-37-39-41-43-45-47-49-51-53-55-61(65)62-59(58-69-70(66,67)68-57-56-63(3,4)5)60(64)54-52-50-48-46-44-42-40-38-36-34-32-29-27-25-23-21-19-17-15-13-11-9-7-2/h24,26,36,38,44,46,52,54,59-60,64H,6-23,25,27-35,37,39-43,45,47-51,53,55-58H2,1-5H3,(H-,62,65,66,67)/p+1/b26-24-,38-36+,46-44+,54-52+. The number of aliphatic hydroxyl groups excluding tert-OH is 1. The monoisotopic (exact) mass is 1010 g/mol. The zero-order valence-electron chi connectivity index (χ0n) is 47.0.